The molecule has 0 aromatic heterocycles. The molecule has 0 amide bonds. The minimum atomic E-state index is -4.01. The molecule has 1 fully saturated rings. The summed E-state index contributed by atoms with van der Waals surface area (Å²) in [7, 11) is 0. The van der Waals surface area contributed by atoms with Gasteiger partial charge < -0.3 is 5.32 Å². The van der Waals surface area contributed by atoms with Crippen LogP contribution in [0.3, 0.4) is 0 Å². The fraction of sp³-hybridized carbons (Fsp3) is 1.00. The molecule has 1 unspecified atom stereocenters. The summed E-state index contributed by atoms with van der Waals surface area (Å²) in [6.45, 7) is 4.70. The monoisotopic (exact) mass is 209 g/mol. The molecular formula is C10H18F3N. The first-order valence-corrected chi connectivity index (χ1v) is 5.14. The van der Waals surface area contributed by atoms with Gasteiger partial charge in [-0.25, -0.2) is 0 Å². The molecule has 1 rings (SSSR count). The lowest BCUT2D eigenvalue weighted by atomic mass is 10.0. The summed E-state index contributed by atoms with van der Waals surface area (Å²) in [4.78, 5) is 0. The van der Waals surface area contributed by atoms with Gasteiger partial charge in [0.2, 0.25) is 0 Å². The summed E-state index contributed by atoms with van der Waals surface area (Å²) in [5, 5.41) is 3.16. The number of nitrogens with one attached hydrogen (secondary N) is 1. The molecule has 0 aromatic carbocycles. The van der Waals surface area contributed by atoms with Crippen LogP contribution in [0.15, 0.2) is 0 Å². The largest absolute Gasteiger partial charge is 0.389 e. The predicted molar refractivity (Wildman–Crippen MR) is 50.1 cm³/mol. The van der Waals surface area contributed by atoms with Crippen LogP contribution in [-0.4, -0.2) is 18.8 Å². The van der Waals surface area contributed by atoms with Gasteiger partial charge in [0.25, 0.3) is 0 Å². The van der Waals surface area contributed by atoms with Crippen molar-refractivity contribution in [2.24, 2.45) is 5.41 Å². The van der Waals surface area contributed by atoms with Gasteiger partial charge in [0.1, 0.15) is 0 Å². The van der Waals surface area contributed by atoms with Crippen LogP contribution in [0.2, 0.25) is 0 Å². The normalized spacial score (nSPS) is 22.1. The van der Waals surface area contributed by atoms with Crippen molar-refractivity contribution in [3.8, 4) is 0 Å². The van der Waals surface area contributed by atoms with Gasteiger partial charge in [-0.15, -0.1) is 0 Å². The van der Waals surface area contributed by atoms with Gasteiger partial charge in [-0.3, -0.25) is 0 Å². The van der Waals surface area contributed by atoms with Crippen LogP contribution in [0.1, 0.15) is 39.5 Å². The van der Waals surface area contributed by atoms with Crippen molar-refractivity contribution in [3.63, 3.8) is 0 Å². The Hall–Kier alpha value is -0.250. The van der Waals surface area contributed by atoms with Crippen molar-refractivity contribution in [1.82, 2.24) is 5.32 Å². The van der Waals surface area contributed by atoms with Gasteiger partial charge in [-0.1, -0.05) is 6.92 Å². The van der Waals surface area contributed by atoms with Crippen molar-refractivity contribution in [2.75, 3.05) is 6.54 Å². The molecule has 1 aliphatic rings. The van der Waals surface area contributed by atoms with Crippen LogP contribution in [0.25, 0.3) is 0 Å². The van der Waals surface area contributed by atoms with Gasteiger partial charge in [0.05, 0.1) is 0 Å². The summed E-state index contributed by atoms with van der Waals surface area (Å²) < 4.78 is 35.4. The number of hydrogen-bond acceptors (Lipinski definition) is 1. The molecule has 0 saturated heterocycles. The van der Waals surface area contributed by atoms with Crippen LogP contribution < -0.4 is 5.32 Å². The maximum absolute atomic E-state index is 11.8. The zero-order valence-electron chi connectivity index (χ0n) is 8.75. The molecule has 0 radical (unpaired) electrons. The van der Waals surface area contributed by atoms with Gasteiger partial charge in [0, 0.05) is 12.5 Å². The molecule has 84 valence electrons. The average Bonchev–Trinajstić information content (AvgIpc) is 2.76. The fourth-order valence-electron chi connectivity index (χ4n) is 1.48. The highest BCUT2D eigenvalue weighted by atomic mass is 19.4. The Morgan fingerprint density at radius 2 is 1.93 bits per heavy atom. The number of halogens is 3. The standard InChI is InChI=1S/C10H18F3N/c1-8(9(2)5-6-9)14-7-3-4-10(11,12)13/h8,14H,3-7H2,1-2H3. The van der Waals surface area contributed by atoms with Crippen molar-refractivity contribution < 1.29 is 13.2 Å². The lowest BCUT2D eigenvalue weighted by Gasteiger charge is -2.20. The highest BCUT2D eigenvalue weighted by Gasteiger charge is 2.42. The van der Waals surface area contributed by atoms with E-state index >= 15 is 0 Å². The van der Waals surface area contributed by atoms with Crippen molar-refractivity contribution in [2.45, 2.75) is 51.7 Å². The summed E-state index contributed by atoms with van der Waals surface area (Å²) in [5.41, 5.74) is 0.345. The second-order valence-corrected chi connectivity index (χ2v) is 4.55. The maximum Gasteiger partial charge on any atom is 0.389 e. The van der Waals surface area contributed by atoms with E-state index in [4.69, 9.17) is 0 Å². The minimum Gasteiger partial charge on any atom is -0.314 e. The number of rotatable bonds is 5. The van der Waals surface area contributed by atoms with E-state index in [1.54, 1.807) is 0 Å². The van der Waals surface area contributed by atoms with Gasteiger partial charge >= 0.3 is 6.18 Å². The summed E-state index contributed by atoms with van der Waals surface area (Å²) in [5.74, 6) is 0. The Kier molecular flexibility index (Phi) is 3.45. The molecule has 1 nitrogen and oxygen atoms in total. The van der Waals surface area contributed by atoms with E-state index in [2.05, 4.69) is 19.2 Å². The van der Waals surface area contributed by atoms with Gasteiger partial charge in [-0.05, 0) is 38.1 Å². The second-order valence-electron chi connectivity index (χ2n) is 4.55. The van der Waals surface area contributed by atoms with Crippen molar-refractivity contribution in [1.29, 1.82) is 0 Å². The third-order valence-electron chi connectivity index (χ3n) is 3.17. The third-order valence-corrected chi connectivity index (χ3v) is 3.17. The molecule has 1 atom stereocenters. The summed E-state index contributed by atoms with van der Waals surface area (Å²) >= 11 is 0. The quantitative estimate of drug-likeness (QED) is 0.686. The summed E-state index contributed by atoms with van der Waals surface area (Å²) in [6.07, 6.45) is -2.11. The molecule has 0 spiro atoms. The molecule has 0 bridgehead atoms. The zero-order chi connectivity index (χ0) is 10.8. The van der Waals surface area contributed by atoms with Crippen molar-refractivity contribution in [3.05, 3.63) is 0 Å². The van der Waals surface area contributed by atoms with Crippen LogP contribution in [0.5, 0.6) is 0 Å². The van der Waals surface area contributed by atoms with Crippen LogP contribution >= 0.6 is 0 Å². The van der Waals surface area contributed by atoms with Crippen LogP contribution in [-0.2, 0) is 0 Å². The molecule has 14 heavy (non-hydrogen) atoms. The molecule has 0 aromatic rings. The van der Waals surface area contributed by atoms with E-state index in [1.807, 2.05) is 0 Å². The SMILES string of the molecule is CC(NCCCC(F)(F)F)C1(C)CC1. The van der Waals surface area contributed by atoms with E-state index < -0.39 is 12.6 Å². The first-order valence-electron chi connectivity index (χ1n) is 5.14. The predicted octanol–water partition coefficient (Wildman–Crippen LogP) is 3.11. The first kappa shape index (κ1) is 11.8. The smallest absolute Gasteiger partial charge is 0.314 e. The van der Waals surface area contributed by atoms with Gasteiger partial charge in [0.15, 0.2) is 0 Å². The maximum atomic E-state index is 11.8. The minimum absolute atomic E-state index is 0.184. The molecular weight excluding hydrogens is 191 g/mol. The number of hydrogen-bond donors (Lipinski definition) is 1. The molecule has 1 aliphatic carbocycles. The topological polar surface area (TPSA) is 12.0 Å². The molecule has 0 aliphatic heterocycles. The third kappa shape index (κ3) is 3.86. The lowest BCUT2D eigenvalue weighted by Crippen LogP contribution is -2.34. The van der Waals surface area contributed by atoms with E-state index in [-0.39, 0.29) is 6.42 Å². The van der Waals surface area contributed by atoms with E-state index in [0.717, 1.165) is 0 Å². The molecule has 0 heterocycles. The highest BCUT2D eigenvalue weighted by Crippen LogP contribution is 2.47. The van der Waals surface area contributed by atoms with Crippen molar-refractivity contribution >= 4 is 0 Å². The Balaban J connectivity index is 2.04. The van der Waals surface area contributed by atoms with Crippen LogP contribution in [0, 0.1) is 5.41 Å². The fourth-order valence-corrected chi connectivity index (χ4v) is 1.48. The lowest BCUT2D eigenvalue weighted by molar-refractivity contribution is -0.135. The van der Waals surface area contributed by atoms with E-state index in [0.29, 0.717) is 18.0 Å². The van der Waals surface area contributed by atoms with E-state index in [1.165, 1.54) is 12.8 Å². The first-order chi connectivity index (χ1) is 6.33. The Morgan fingerprint density at radius 1 is 1.36 bits per heavy atom. The Labute approximate surface area is 83.1 Å². The highest BCUT2D eigenvalue weighted by molar-refractivity contribution is 4.96. The van der Waals surface area contributed by atoms with E-state index in [9.17, 15) is 13.2 Å². The molecule has 4 heteroatoms. The van der Waals surface area contributed by atoms with Gasteiger partial charge in [-0.2, -0.15) is 13.2 Å². The second kappa shape index (κ2) is 4.09. The Bertz CT molecular complexity index is 184. The Morgan fingerprint density at radius 3 is 2.36 bits per heavy atom. The molecule has 1 saturated carbocycles. The number of alkyl halides is 3. The molecule has 1 N–H and O–H groups in total. The summed E-state index contributed by atoms with van der Waals surface area (Å²) in [6, 6.07) is 0.343. The zero-order valence-corrected chi connectivity index (χ0v) is 8.75. The average molecular weight is 209 g/mol. The van der Waals surface area contributed by atoms with Crippen LogP contribution in [0.4, 0.5) is 13.2 Å².